The third kappa shape index (κ3) is 3.95. The first-order chi connectivity index (χ1) is 14.0. The molecule has 2 amide bonds. The number of primary amides is 1. The minimum Gasteiger partial charge on any atom is -0.486 e. The summed E-state index contributed by atoms with van der Waals surface area (Å²) < 4.78 is 11.1. The number of hydrogen-bond acceptors (Lipinski definition) is 5. The van der Waals surface area contributed by atoms with Gasteiger partial charge in [-0.3, -0.25) is 9.59 Å². The predicted octanol–water partition coefficient (Wildman–Crippen LogP) is 3.77. The fourth-order valence-corrected chi connectivity index (χ4v) is 4.47. The number of aryl methyl sites for hydroxylation is 1. The Morgan fingerprint density at radius 1 is 1.07 bits per heavy atom. The standard InChI is InChI=1S/C22H20N2O4S/c1-13-19(15-5-3-2-4-6-15)20(21(23)26)22(29-13)24-18(25)12-14-7-8-16-17(11-14)28-10-9-27-16/h2-8,11H,9-10,12H2,1H3,(H2,23,26)(H,24,25). The van der Waals surface area contributed by atoms with Crippen LogP contribution in [-0.4, -0.2) is 25.0 Å². The number of thiophene rings is 1. The normalized spacial score (nSPS) is 12.4. The molecule has 4 rings (SSSR count). The number of nitrogens with one attached hydrogen (secondary N) is 1. The van der Waals surface area contributed by atoms with E-state index in [2.05, 4.69) is 5.32 Å². The van der Waals surface area contributed by atoms with E-state index in [0.717, 1.165) is 21.6 Å². The molecule has 0 spiro atoms. The molecule has 3 aromatic rings. The SMILES string of the molecule is Cc1sc(NC(=O)Cc2ccc3c(c2)OCCO3)c(C(N)=O)c1-c1ccccc1. The Kier molecular flexibility index (Phi) is 5.22. The van der Waals surface area contributed by atoms with Crippen LogP contribution in [0, 0.1) is 6.92 Å². The molecular formula is C22H20N2O4S. The van der Waals surface area contributed by atoms with Crippen molar-refractivity contribution in [3.63, 3.8) is 0 Å². The van der Waals surface area contributed by atoms with Crippen molar-refractivity contribution in [2.24, 2.45) is 5.73 Å². The first-order valence-corrected chi connectivity index (χ1v) is 10.0. The molecule has 3 N–H and O–H groups in total. The molecule has 2 aromatic carbocycles. The molecule has 0 saturated heterocycles. The fourth-order valence-electron chi connectivity index (χ4n) is 3.37. The number of fused-ring (bicyclic) bond motifs is 1. The third-order valence-corrected chi connectivity index (χ3v) is 5.64. The van der Waals surface area contributed by atoms with Gasteiger partial charge < -0.3 is 20.5 Å². The maximum absolute atomic E-state index is 12.7. The van der Waals surface area contributed by atoms with E-state index in [1.165, 1.54) is 11.3 Å². The minimum atomic E-state index is -0.567. The lowest BCUT2D eigenvalue weighted by Gasteiger charge is -2.18. The fraction of sp³-hybridized carbons (Fsp3) is 0.182. The number of ether oxygens (including phenoxy) is 2. The average Bonchev–Trinajstić information content (AvgIpc) is 3.04. The van der Waals surface area contributed by atoms with Gasteiger partial charge in [0.1, 0.15) is 18.2 Å². The van der Waals surface area contributed by atoms with Crippen molar-refractivity contribution in [2.75, 3.05) is 18.5 Å². The van der Waals surface area contributed by atoms with Gasteiger partial charge >= 0.3 is 0 Å². The Bertz CT molecular complexity index is 1080. The van der Waals surface area contributed by atoms with Gasteiger partial charge in [-0.1, -0.05) is 36.4 Å². The Morgan fingerprint density at radius 2 is 1.79 bits per heavy atom. The molecule has 0 aliphatic carbocycles. The molecule has 0 unspecified atom stereocenters. The van der Waals surface area contributed by atoms with Crippen LogP contribution in [0.3, 0.4) is 0 Å². The van der Waals surface area contributed by atoms with Crippen LogP contribution in [0.5, 0.6) is 11.5 Å². The molecule has 148 valence electrons. The van der Waals surface area contributed by atoms with E-state index in [1.54, 1.807) is 12.1 Å². The number of carbonyl (C=O) groups is 2. The van der Waals surface area contributed by atoms with Crippen molar-refractivity contribution in [3.05, 3.63) is 64.5 Å². The molecule has 0 fully saturated rings. The highest BCUT2D eigenvalue weighted by Gasteiger charge is 2.23. The molecule has 7 heteroatoms. The molecule has 0 radical (unpaired) electrons. The van der Waals surface area contributed by atoms with E-state index in [9.17, 15) is 9.59 Å². The summed E-state index contributed by atoms with van der Waals surface area (Å²) in [5.41, 5.74) is 8.45. The van der Waals surface area contributed by atoms with E-state index < -0.39 is 5.91 Å². The van der Waals surface area contributed by atoms with Crippen LogP contribution in [-0.2, 0) is 11.2 Å². The first-order valence-electron chi connectivity index (χ1n) is 9.20. The van der Waals surface area contributed by atoms with Crippen molar-refractivity contribution in [2.45, 2.75) is 13.3 Å². The van der Waals surface area contributed by atoms with Gasteiger partial charge in [-0.2, -0.15) is 0 Å². The number of carbonyl (C=O) groups excluding carboxylic acids is 2. The van der Waals surface area contributed by atoms with E-state index in [0.29, 0.717) is 35.3 Å². The van der Waals surface area contributed by atoms with Gasteiger partial charge in [-0.25, -0.2) is 0 Å². The predicted molar refractivity (Wildman–Crippen MR) is 113 cm³/mol. The van der Waals surface area contributed by atoms with Crippen LogP contribution in [0.15, 0.2) is 48.5 Å². The van der Waals surface area contributed by atoms with Crippen LogP contribution in [0.2, 0.25) is 0 Å². The molecule has 0 saturated carbocycles. The second kappa shape index (κ2) is 7.97. The van der Waals surface area contributed by atoms with Gasteiger partial charge in [0.05, 0.1) is 12.0 Å². The van der Waals surface area contributed by atoms with Gasteiger partial charge in [-0.15, -0.1) is 11.3 Å². The Labute approximate surface area is 172 Å². The highest BCUT2D eigenvalue weighted by atomic mass is 32.1. The first kappa shape index (κ1) is 19.0. The maximum Gasteiger partial charge on any atom is 0.252 e. The topological polar surface area (TPSA) is 90.7 Å². The zero-order valence-corrected chi connectivity index (χ0v) is 16.7. The lowest BCUT2D eigenvalue weighted by Crippen LogP contribution is -2.19. The average molecular weight is 408 g/mol. The van der Waals surface area contributed by atoms with E-state index in [-0.39, 0.29) is 12.3 Å². The summed E-state index contributed by atoms with van der Waals surface area (Å²) >= 11 is 1.35. The maximum atomic E-state index is 12.7. The summed E-state index contributed by atoms with van der Waals surface area (Å²) in [5, 5.41) is 3.33. The second-order valence-corrected chi connectivity index (χ2v) is 7.90. The van der Waals surface area contributed by atoms with Gasteiger partial charge in [0.15, 0.2) is 11.5 Å². The molecule has 1 aromatic heterocycles. The number of rotatable bonds is 5. The van der Waals surface area contributed by atoms with E-state index >= 15 is 0 Å². The molecule has 0 bridgehead atoms. The summed E-state index contributed by atoms with van der Waals surface area (Å²) in [4.78, 5) is 25.7. The second-order valence-electron chi connectivity index (χ2n) is 6.67. The summed E-state index contributed by atoms with van der Waals surface area (Å²) in [6, 6.07) is 15.0. The summed E-state index contributed by atoms with van der Waals surface area (Å²) in [6.45, 7) is 2.92. The van der Waals surface area contributed by atoms with Crippen LogP contribution in [0.25, 0.3) is 11.1 Å². The number of amides is 2. The molecule has 0 atom stereocenters. The molecule has 1 aliphatic rings. The lowest BCUT2D eigenvalue weighted by molar-refractivity contribution is -0.115. The van der Waals surface area contributed by atoms with Crippen molar-refractivity contribution in [3.8, 4) is 22.6 Å². The number of hydrogen-bond donors (Lipinski definition) is 2. The molecular weight excluding hydrogens is 388 g/mol. The lowest BCUT2D eigenvalue weighted by atomic mass is 10.0. The zero-order chi connectivity index (χ0) is 20.4. The van der Waals surface area contributed by atoms with Crippen molar-refractivity contribution >= 4 is 28.2 Å². The van der Waals surface area contributed by atoms with E-state index in [4.69, 9.17) is 15.2 Å². The van der Waals surface area contributed by atoms with Crippen molar-refractivity contribution in [1.82, 2.24) is 0 Å². The summed E-state index contributed by atoms with van der Waals surface area (Å²) in [6.07, 6.45) is 0.145. The largest absolute Gasteiger partial charge is 0.486 e. The highest BCUT2D eigenvalue weighted by Crippen LogP contribution is 2.39. The number of anilines is 1. The van der Waals surface area contributed by atoms with Gasteiger partial charge in [0.25, 0.3) is 5.91 Å². The van der Waals surface area contributed by atoms with Crippen LogP contribution in [0.4, 0.5) is 5.00 Å². The molecule has 29 heavy (non-hydrogen) atoms. The van der Waals surface area contributed by atoms with Gasteiger partial charge in [0, 0.05) is 10.4 Å². The Balaban J connectivity index is 1.58. The van der Waals surface area contributed by atoms with Crippen molar-refractivity contribution in [1.29, 1.82) is 0 Å². The summed E-state index contributed by atoms with van der Waals surface area (Å²) in [5.74, 6) is 0.517. The van der Waals surface area contributed by atoms with Crippen LogP contribution in [0.1, 0.15) is 20.8 Å². The van der Waals surface area contributed by atoms with Gasteiger partial charge in [0.2, 0.25) is 5.91 Å². The number of benzene rings is 2. The van der Waals surface area contributed by atoms with Crippen LogP contribution >= 0.6 is 11.3 Å². The molecule has 1 aliphatic heterocycles. The Hall–Kier alpha value is -3.32. The van der Waals surface area contributed by atoms with Gasteiger partial charge in [-0.05, 0) is 30.2 Å². The highest BCUT2D eigenvalue weighted by molar-refractivity contribution is 7.17. The zero-order valence-electron chi connectivity index (χ0n) is 15.9. The molecule has 2 heterocycles. The van der Waals surface area contributed by atoms with Crippen LogP contribution < -0.4 is 20.5 Å². The smallest absolute Gasteiger partial charge is 0.252 e. The monoisotopic (exact) mass is 408 g/mol. The molecule has 6 nitrogen and oxygen atoms in total. The quantitative estimate of drug-likeness (QED) is 0.672. The Morgan fingerprint density at radius 3 is 2.52 bits per heavy atom. The third-order valence-electron chi connectivity index (χ3n) is 4.62. The summed E-state index contributed by atoms with van der Waals surface area (Å²) in [7, 11) is 0. The number of nitrogens with two attached hydrogens (primary N) is 1. The minimum absolute atomic E-state index is 0.145. The van der Waals surface area contributed by atoms with E-state index in [1.807, 2.05) is 43.3 Å². The van der Waals surface area contributed by atoms with Crippen molar-refractivity contribution < 1.29 is 19.1 Å².